The van der Waals surface area contributed by atoms with Gasteiger partial charge in [0.1, 0.15) is 17.5 Å². The molecule has 1 heterocycles. The number of esters is 1. The van der Waals surface area contributed by atoms with Crippen LogP contribution in [-0.4, -0.2) is 54.7 Å². The van der Waals surface area contributed by atoms with Gasteiger partial charge in [0.2, 0.25) is 0 Å². The van der Waals surface area contributed by atoms with Gasteiger partial charge in [-0.05, 0) is 62.4 Å². The van der Waals surface area contributed by atoms with Crippen LogP contribution in [0.1, 0.15) is 13.8 Å². The molecule has 1 N–H and O–H groups in total. The van der Waals surface area contributed by atoms with E-state index in [1.807, 2.05) is 0 Å². The zero-order chi connectivity index (χ0) is 29.8. The first-order chi connectivity index (χ1) is 19.5. The summed E-state index contributed by atoms with van der Waals surface area (Å²) in [7, 11) is -5.48. The number of aromatic nitrogens is 1. The van der Waals surface area contributed by atoms with Gasteiger partial charge in [-0.3, -0.25) is 4.72 Å². The number of sulfonamides is 2. The van der Waals surface area contributed by atoms with Crippen LogP contribution in [0, 0.1) is 0 Å². The Labute approximate surface area is 238 Å². The van der Waals surface area contributed by atoms with Crippen LogP contribution in [0.25, 0.3) is 10.8 Å². The number of hydrogen-bond donors (Lipinski definition) is 1. The number of nitrogens with zero attached hydrogens (tertiary/aromatic N) is 2. The molecule has 0 aliphatic rings. The van der Waals surface area contributed by atoms with Gasteiger partial charge in [0, 0.05) is 10.8 Å². The molecule has 4 rings (SSSR count). The lowest BCUT2D eigenvalue weighted by molar-refractivity contribution is -0.144. The minimum Gasteiger partial charge on any atom is -0.497 e. The van der Waals surface area contributed by atoms with Crippen LogP contribution in [0.4, 0.5) is 11.5 Å². The van der Waals surface area contributed by atoms with Crippen LogP contribution in [0.15, 0.2) is 88.8 Å². The number of carbonyl (C=O) groups is 1. The molecule has 0 amide bonds. The van der Waals surface area contributed by atoms with E-state index < -0.39 is 32.1 Å². The minimum atomic E-state index is -4.37. The van der Waals surface area contributed by atoms with Crippen molar-refractivity contribution < 1.29 is 35.8 Å². The molecule has 0 spiro atoms. The Morgan fingerprint density at radius 2 is 1.39 bits per heavy atom. The third kappa shape index (κ3) is 6.05. The van der Waals surface area contributed by atoms with Crippen LogP contribution in [-0.2, 0) is 29.6 Å². The summed E-state index contributed by atoms with van der Waals surface area (Å²) in [5.41, 5.74) is 0.116. The molecular formula is C28H29N3O8S2. The Kier molecular flexibility index (Phi) is 8.69. The number of pyridine rings is 1. The number of nitrogens with one attached hydrogen (secondary N) is 1. The van der Waals surface area contributed by atoms with E-state index in [-0.39, 0.29) is 33.3 Å². The van der Waals surface area contributed by atoms with Crippen molar-refractivity contribution in [1.82, 2.24) is 4.98 Å². The first-order valence-corrected chi connectivity index (χ1v) is 15.4. The fraction of sp³-hybridized carbons (Fsp3) is 0.214. The Balaban J connectivity index is 1.86. The largest absolute Gasteiger partial charge is 0.497 e. The number of carbonyl (C=O) groups excluding carboxylic acids is 1. The molecule has 0 saturated carbocycles. The fourth-order valence-electron chi connectivity index (χ4n) is 4.12. The monoisotopic (exact) mass is 599 g/mol. The van der Waals surface area contributed by atoms with Gasteiger partial charge in [-0.25, -0.2) is 30.9 Å². The molecule has 0 fully saturated rings. The average molecular weight is 600 g/mol. The van der Waals surface area contributed by atoms with Gasteiger partial charge in [-0.1, -0.05) is 24.3 Å². The third-order valence-electron chi connectivity index (χ3n) is 6.19. The van der Waals surface area contributed by atoms with Gasteiger partial charge < -0.3 is 14.2 Å². The van der Waals surface area contributed by atoms with Crippen molar-refractivity contribution in [3.63, 3.8) is 0 Å². The standard InChI is InChI=1S/C28H29N3O8S2/c1-5-39-28(32)19(2)31(41(35,36)23-16-12-21(38-4)13-17-23)27-25-9-7-6-8-24(25)26(18-29-27)30-40(33,34)22-14-10-20(37-3)11-15-22/h6-19,30H,5H2,1-4H3. The molecule has 4 aromatic rings. The maximum Gasteiger partial charge on any atom is 0.329 e. The summed E-state index contributed by atoms with van der Waals surface area (Å²) in [5.74, 6) is 0.0874. The predicted octanol–water partition coefficient (Wildman–Crippen LogP) is 4.20. The quantitative estimate of drug-likeness (QED) is 0.251. The van der Waals surface area contributed by atoms with Gasteiger partial charge in [0.25, 0.3) is 20.0 Å². The van der Waals surface area contributed by atoms with Crippen molar-refractivity contribution in [2.45, 2.75) is 29.7 Å². The first kappa shape index (κ1) is 29.6. The number of hydrogen-bond acceptors (Lipinski definition) is 9. The number of rotatable bonds is 11. The average Bonchev–Trinajstić information content (AvgIpc) is 2.98. The van der Waals surface area contributed by atoms with E-state index in [4.69, 9.17) is 14.2 Å². The summed E-state index contributed by atoms with van der Waals surface area (Å²) in [6, 6.07) is 16.8. The van der Waals surface area contributed by atoms with E-state index in [2.05, 4.69) is 9.71 Å². The molecule has 216 valence electrons. The van der Waals surface area contributed by atoms with Crippen LogP contribution < -0.4 is 18.5 Å². The number of ether oxygens (including phenoxy) is 3. The fourth-order valence-corrected chi connectivity index (χ4v) is 6.77. The predicted molar refractivity (Wildman–Crippen MR) is 154 cm³/mol. The summed E-state index contributed by atoms with van der Waals surface area (Å²) in [4.78, 5) is 17.1. The molecule has 11 nitrogen and oxygen atoms in total. The SMILES string of the molecule is CCOC(=O)C(C)N(c1ncc(NS(=O)(=O)c2ccc(OC)cc2)c2ccccc12)S(=O)(=O)c1ccc(OC)cc1. The number of methoxy groups -OCH3 is 2. The van der Waals surface area contributed by atoms with Crippen molar-refractivity contribution in [2.75, 3.05) is 29.9 Å². The zero-order valence-electron chi connectivity index (χ0n) is 22.8. The van der Waals surface area contributed by atoms with Gasteiger partial charge in [-0.15, -0.1) is 0 Å². The molecule has 0 aliphatic heterocycles. The molecule has 41 heavy (non-hydrogen) atoms. The normalized spacial score (nSPS) is 12.4. The molecule has 3 aromatic carbocycles. The molecule has 1 aromatic heterocycles. The van der Waals surface area contributed by atoms with Gasteiger partial charge >= 0.3 is 5.97 Å². The van der Waals surface area contributed by atoms with Crippen molar-refractivity contribution in [2.24, 2.45) is 0 Å². The summed E-state index contributed by atoms with van der Waals surface area (Å²) in [6.45, 7) is 3.06. The van der Waals surface area contributed by atoms with Gasteiger partial charge in [-0.2, -0.15) is 0 Å². The lowest BCUT2D eigenvalue weighted by Crippen LogP contribution is -2.44. The van der Waals surface area contributed by atoms with Crippen LogP contribution in [0.3, 0.4) is 0 Å². The Bertz CT molecular complexity index is 1760. The minimum absolute atomic E-state index is 0.00824. The highest BCUT2D eigenvalue weighted by atomic mass is 32.2. The first-order valence-electron chi connectivity index (χ1n) is 12.4. The Morgan fingerprint density at radius 1 is 0.854 bits per heavy atom. The second kappa shape index (κ2) is 12.0. The van der Waals surface area contributed by atoms with E-state index in [9.17, 15) is 21.6 Å². The second-order valence-electron chi connectivity index (χ2n) is 8.73. The second-order valence-corrected chi connectivity index (χ2v) is 12.2. The molecule has 0 aliphatic carbocycles. The van der Waals surface area contributed by atoms with Crippen LogP contribution in [0.2, 0.25) is 0 Å². The van der Waals surface area contributed by atoms with Crippen molar-refractivity contribution >= 4 is 48.3 Å². The van der Waals surface area contributed by atoms with Crippen molar-refractivity contribution in [1.29, 1.82) is 0 Å². The molecule has 13 heteroatoms. The van der Waals surface area contributed by atoms with Gasteiger partial charge in [0.05, 0.1) is 42.5 Å². The van der Waals surface area contributed by atoms with E-state index in [1.54, 1.807) is 31.2 Å². The number of anilines is 2. The number of benzene rings is 3. The maximum atomic E-state index is 14.0. The highest BCUT2D eigenvalue weighted by Gasteiger charge is 2.36. The molecule has 1 unspecified atom stereocenters. The molecule has 0 radical (unpaired) electrons. The van der Waals surface area contributed by atoms with E-state index in [1.165, 1.54) is 75.9 Å². The third-order valence-corrected chi connectivity index (χ3v) is 9.45. The molecule has 1 atom stereocenters. The molecular weight excluding hydrogens is 570 g/mol. The van der Waals surface area contributed by atoms with Crippen molar-refractivity contribution in [3.05, 3.63) is 79.0 Å². The highest BCUT2D eigenvalue weighted by Crippen LogP contribution is 2.35. The topological polar surface area (TPSA) is 141 Å². The summed E-state index contributed by atoms with van der Waals surface area (Å²) >= 11 is 0. The van der Waals surface area contributed by atoms with Crippen LogP contribution >= 0.6 is 0 Å². The van der Waals surface area contributed by atoms with Gasteiger partial charge in [0.15, 0.2) is 5.82 Å². The zero-order valence-corrected chi connectivity index (χ0v) is 24.4. The van der Waals surface area contributed by atoms with E-state index in [0.717, 1.165) is 4.31 Å². The summed E-state index contributed by atoms with van der Waals surface area (Å²) in [6.07, 6.45) is 1.22. The smallest absolute Gasteiger partial charge is 0.329 e. The summed E-state index contributed by atoms with van der Waals surface area (Å²) in [5, 5.41) is 0.649. The van der Waals surface area contributed by atoms with E-state index in [0.29, 0.717) is 16.9 Å². The van der Waals surface area contributed by atoms with Crippen LogP contribution in [0.5, 0.6) is 11.5 Å². The Hall–Kier alpha value is -4.36. The Morgan fingerprint density at radius 3 is 1.93 bits per heavy atom. The number of fused-ring (bicyclic) bond motifs is 1. The highest BCUT2D eigenvalue weighted by molar-refractivity contribution is 7.93. The molecule has 0 bridgehead atoms. The van der Waals surface area contributed by atoms with E-state index >= 15 is 0 Å². The molecule has 0 saturated heterocycles. The lowest BCUT2D eigenvalue weighted by Gasteiger charge is -2.29. The van der Waals surface area contributed by atoms with Crippen molar-refractivity contribution in [3.8, 4) is 11.5 Å². The lowest BCUT2D eigenvalue weighted by atomic mass is 10.1. The summed E-state index contributed by atoms with van der Waals surface area (Å²) < 4.78 is 73.1. The maximum absolute atomic E-state index is 14.0.